The van der Waals surface area contributed by atoms with Crippen molar-refractivity contribution in [2.75, 3.05) is 13.1 Å². The van der Waals surface area contributed by atoms with Crippen molar-refractivity contribution in [2.24, 2.45) is 7.05 Å². The number of rotatable bonds is 8. The fourth-order valence-electron chi connectivity index (χ4n) is 3.01. The van der Waals surface area contributed by atoms with Gasteiger partial charge in [-0.05, 0) is 24.3 Å². The molecular weight excluding hydrogens is 447 g/mol. The summed E-state index contributed by atoms with van der Waals surface area (Å²) in [5, 5.41) is 9.32. The average Bonchev–Trinajstić information content (AvgIpc) is 3.09. The maximum Gasteiger partial charge on any atom is 0.243 e. The van der Waals surface area contributed by atoms with Crippen molar-refractivity contribution in [3.05, 3.63) is 58.9 Å². The van der Waals surface area contributed by atoms with Crippen LogP contribution in [0.3, 0.4) is 0 Å². The lowest BCUT2D eigenvalue weighted by Crippen LogP contribution is -2.30. The smallest absolute Gasteiger partial charge is 0.243 e. The normalized spacial score (nSPS) is 11.9. The summed E-state index contributed by atoms with van der Waals surface area (Å²) in [4.78, 5) is 0.207. The Hall–Kier alpha value is -1.94. The van der Waals surface area contributed by atoms with Crippen LogP contribution < -0.4 is 0 Å². The van der Waals surface area contributed by atoms with Crippen LogP contribution in [0.5, 0.6) is 0 Å². The second-order valence-corrected chi connectivity index (χ2v) is 9.76. The molecule has 1 aromatic heterocycles. The molecule has 3 rings (SSSR count). The zero-order valence-corrected chi connectivity index (χ0v) is 19.2. The first-order valence-electron chi connectivity index (χ1n) is 9.35. The van der Waals surface area contributed by atoms with Gasteiger partial charge in [-0.2, -0.15) is 4.31 Å². The van der Waals surface area contributed by atoms with Gasteiger partial charge >= 0.3 is 0 Å². The molecular formula is C20H22ClFN4O2S2. The Morgan fingerprint density at radius 1 is 1.13 bits per heavy atom. The maximum atomic E-state index is 14.0. The molecule has 1 heterocycles. The zero-order chi connectivity index (χ0) is 21.9. The Morgan fingerprint density at radius 3 is 2.50 bits per heavy atom. The van der Waals surface area contributed by atoms with Crippen LogP contribution in [-0.2, 0) is 22.8 Å². The molecule has 3 aromatic rings. The van der Waals surface area contributed by atoms with Crippen molar-refractivity contribution in [3.8, 4) is 11.4 Å². The van der Waals surface area contributed by atoms with Crippen LogP contribution >= 0.6 is 23.4 Å². The summed E-state index contributed by atoms with van der Waals surface area (Å²) in [5.41, 5.74) is 1.04. The van der Waals surface area contributed by atoms with Crippen LogP contribution in [-0.4, -0.2) is 40.6 Å². The number of thioether (sulfide) groups is 1. The summed E-state index contributed by atoms with van der Waals surface area (Å²) < 4.78 is 42.8. The standard InChI is InChI=1S/C20H22ClFN4O2S2/c1-4-26(5-2)30(27,28)15-9-6-8-14(12-15)19-23-24-20(25(19)3)29-13-16-17(21)10-7-11-18(16)22/h6-12H,4-5,13H2,1-3H3. The highest BCUT2D eigenvalue weighted by atomic mass is 35.5. The zero-order valence-electron chi connectivity index (χ0n) is 16.8. The van der Waals surface area contributed by atoms with Crippen LogP contribution in [0.4, 0.5) is 4.39 Å². The van der Waals surface area contributed by atoms with E-state index in [0.717, 1.165) is 0 Å². The number of halogens is 2. The van der Waals surface area contributed by atoms with E-state index in [4.69, 9.17) is 11.6 Å². The monoisotopic (exact) mass is 468 g/mol. The summed E-state index contributed by atoms with van der Waals surface area (Å²) in [5.74, 6) is 0.453. The fraction of sp³-hybridized carbons (Fsp3) is 0.300. The third-order valence-electron chi connectivity index (χ3n) is 4.68. The molecule has 2 aromatic carbocycles. The maximum absolute atomic E-state index is 14.0. The number of hydrogen-bond acceptors (Lipinski definition) is 5. The van der Waals surface area contributed by atoms with E-state index in [1.807, 2.05) is 0 Å². The van der Waals surface area contributed by atoms with Crippen LogP contribution in [0.15, 0.2) is 52.5 Å². The number of sulfonamides is 1. The molecule has 0 aliphatic heterocycles. The van der Waals surface area contributed by atoms with Gasteiger partial charge in [-0.25, -0.2) is 12.8 Å². The first-order chi connectivity index (χ1) is 14.3. The Balaban J connectivity index is 1.87. The van der Waals surface area contributed by atoms with E-state index < -0.39 is 10.0 Å². The van der Waals surface area contributed by atoms with Gasteiger partial charge in [0.25, 0.3) is 0 Å². The van der Waals surface area contributed by atoms with Gasteiger partial charge in [0.1, 0.15) is 5.82 Å². The van der Waals surface area contributed by atoms with Crippen LogP contribution in [0.2, 0.25) is 5.02 Å². The molecule has 30 heavy (non-hydrogen) atoms. The second kappa shape index (κ2) is 9.47. The fourth-order valence-corrected chi connectivity index (χ4v) is 5.77. The summed E-state index contributed by atoms with van der Waals surface area (Å²) in [6.07, 6.45) is 0. The predicted molar refractivity (Wildman–Crippen MR) is 118 cm³/mol. The van der Waals surface area contributed by atoms with E-state index in [0.29, 0.717) is 46.0 Å². The van der Waals surface area contributed by atoms with Crippen molar-refractivity contribution in [3.63, 3.8) is 0 Å². The highest BCUT2D eigenvalue weighted by Gasteiger charge is 2.23. The summed E-state index contributed by atoms with van der Waals surface area (Å²) >= 11 is 7.39. The minimum absolute atomic E-state index is 0.207. The van der Waals surface area contributed by atoms with Gasteiger partial charge < -0.3 is 4.57 Å². The number of aromatic nitrogens is 3. The van der Waals surface area contributed by atoms with E-state index in [2.05, 4.69) is 10.2 Å². The molecule has 0 unspecified atom stereocenters. The Labute approximate surface area is 185 Å². The van der Waals surface area contributed by atoms with Gasteiger partial charge in [0.05, 0.1) is 4.90 Å². The second-order valence-electron chi connectivity index (χ2n) is 6.47. The van der Waals surface area contributed by atoms with E-state index in [1.54, 1.807) is 61.9 Å². The lowest BCUT2D eigenvalue weighted by molar-refractivity contribution is 0.445. The number of benzene rings is 2. The van der Waals surface area contributed by atoms with Gasteiger partial charge in [-0.15, -0.1) is 10.2 Å². The molecule has 0 N–H and O–H groups in total. The molecule has 6 nitrogen and oxygen atoms in total. The number of hydrogen-bond donors (Lipinski definition) is 0. The van der Waals surface area contributed by atoms with Gasteiger partial charge in [-0.1, -0.05) is 55.4 Å². The van der Waals surface area contributed by atoms with Crippen LogP contribution in [0.25, 0.3) is 11.4 Å². The topological polar surface area (TPSA) is 68.1 Å². The van der Waals surface area contributed by atoms with Crippen molar-refractivity contribution >= 4 is 33.4 Å². The Bertz CT molecular complexity index is 1130. The molecule has 0 radical (unpaired) electrons. The molecule has 0 saturated heterocycles. The first kappa shape index (κ1) is 22.7. The van der Waals surface area contributed by atoms with Crippen molar-refractivity contribution in [2.45, 2.75) is 29.7 Å². The largest absolute Gasteiger partial charge is 0.305 e. The molecule has 0 spiro atoms. The SMILES string of the molecule is CCN(CC)S(=O)(=O)c1cccc(-c2nnc(SCc3c(F)cccc3Cl)n2C)c1. The molecule has 0 aliphatic rings. The summed E-state index contributed by atoms with van der Waals surface area (Å²) in [6.45, 7) is 4.40. The van der Waals surface area contributed by atoms with Gasteiger partial charge in [-0.3, -0.25) is 0 Å². The molecule has 0 atom stereocenters. The lowest BCUT2D eigenvalue weighted by Gasteiger charge is -2.18. The Morgan fingerprint density at radius 2 is 1.83 bits per heavy atom. The first-order valence-corrected chi connectivity index (χ1v) is 12.2. The molecule has 0 bridgehead atoms. The van der Waals surface area contributed by atoms with Crippen molar-refractivity contribution < 1.29 is 12.8 Å². The molecule has 0 aliphatic carbocycles. The highest BCUT2D eigenvalue weighted by molar-refractivity contribution is 7.98. The van der Waals surface area contributed by atoms with E-state index in [1.165, 1.54) is 22.1 Å². The molecule has 0 amide bonds. The summed E-state index contributed by atoms with van der Waals surface area (Å²) in [7, 11) is -1.80. The third-order valence-corrected chi connectivity index (χ3v) is 8.12. The molecule has 160 valence electrons. The molecule has 0 fully saturated rings. The van der Waals surface area contributed by atoms with Crippen molar-refractivity contribution in [1.29, 1.82) is 0 Å². The average molecular weight is 469 g/mol. The highest BCUT2D eigenvalue weighted by Crippen LogP contribution is 2.30. The predicted octanol–water partition coefficient (Wildman–Crippen LogP) is 4.60. The third kappa shape index (κ3) is 4.54. The molecule has 10 heteroatoms. The van der Waals surface area contributed by atoms with Crippen LogP contribution in [0.1, 0.15) is 19.4 Å². The van der Waals surface area contributed by atoms with E-state index >= 15 is 0 Å². The van der Waals surface area contributed by atoms with Crippen molar-refractivity contribution in [1.82, 2.24) is 19.1 Å². The minimum Gasteiger partial charge on any atom is -0.305 e. The van der Waals surface area contributed by atoms with E-state index in [-0.39, 0.29) is 10.7 Å². The Kier molecular flexibility index (Phi) is 7.18. The molecule has 0 saturated carbocycles. The van der Waals surface area contributed by atoms with Gasteiger partial charge in [0, 0.05) is 42.0 Å². The van der Waals surface area contributed by atoms with Crippen LogP contribution in [0, 0.1) is 5.82 Å². The van der Waals surface area contributed by atoms with E-state index in [9.17, 15) is 12.8 Å². The minimum atomic E-state index is -3.58. The lowest BCUT2D eigenvalue weighted by atomic mass is 10.2. The quantitative estimate of drug-likeness (QED) is 0.452. The number of nitrogens with zero attached hydrogens (tertiary/aromatic N) is 4. The summed E-state index contributed by atoms with van der Waals surface area (Å²) in [6, 6.07) is 11.2. The van der Waals surface area contributed by atoms with Gasteiger partial charge in [0.2, 0.25) is 10.0 Å². The van der Waals surface area contributed by atoms with Gasteiger partial charge in [0.15, 0.2) is 11.0 Å².